The van der Waals surface area contributed by atoms with Crippen LogP contribution in [-0.2, 0) is 11.8 Å². The molecule has 0 aromatic heterocycles. The van der Waals surface area contributed by atoms with Crippen LogP contribution in [0.25, 0.3) is 0 Å². The van der Waals surface area contributed by atoms with E-state index in [1.165, 1.54) is 11.1 Å². The predicted octanol–water partition coefficient (Wildman–Crippen LogP) is 2.46. The van der Waals surface area contributed by atoms with E-state index >= 15 is 0 Å². The third-order valence-corrected chi connectivity index (χ3v) is 3.36. The minimum Gasteiger partial charge on any atom is -0.496 e. The van der Waals surface area contributed by atoms with Gasteiger partial charge < -0.3 is 15.4 Å². The Morgan fingerprint density at radius 3 is 2.58 bits per heavy atom. The highest BCUT2D eigenvalue weighted by molar-refractivity contribution is 5.73. The van der Waals surface area contributed by atoms with Crippen LogP contribution in [0.2, 0.25) is 0 Å². The highest BCUT2D eigenvalue weighted by Crippen LogP contribution is 2.28. The van der Waals surface area contributed by atoms with Crippen molar-refractivity contribution in [2.45, 2.75) is 32.6 Å². The molecule has 0 atom stereocenters. The van der Waals surface area contributed by atoms with Crippen LogP contribution < -0.4 is 15.4 Å². The van der Waals surface area contributed by atoms with Gasteiger partial charge in [-0.3, -0.25) is 0 Å². The Bertz CT molecular complexity index is 442. The van der Waals surface area contributed by atoms with Gasteiger partial charge in [-0.15, -0.1) is 0 Å². The third-order valence-electron chi connectivity index (χ3n) is 3.36. The molecule has 0 saturated heterocycles. The summed E-state index contributed by atoms with van der Waals surface area (Å²) in [5.41, 5.74) is 2.26. The molecular formula is C15H24N2O2. The topological polar surface area (TPSA) is 50.4 Å². The summed E-state index contributed by atoms with van der Waals surface area (Å²) in [5.74, 6) is 0.918. The standard InChI is InChI=1S/C15H24N2O2/c1-6-11-9-12(7-8-13(11)19-5)15(2,3)10-17-14(18)16-4/h7-9H,6,10H2,1-5H3,(H2,16,17,18). The lowest BCUT2D eigenvalue weighted by Crippen LogP contribution is -2.41. The Morgan fingerprint density at radius 1 is 1.37 bits per heavy atom. The van der Waals surface area contributed by atoms with Crippen molar-refractivity contribution in [2.24, 2.45) is 0 Å². The van der Waals surface area contributed by atoms with E-state index in [1.807, 2.05) is 6.07 Å². The predicted molar refractivity (Wildman–Crippen MR) is 77.9 cm³/mol. The smallest absolute Gasteiger partial charge is 0.314 e. The van der Waals surface area contributed by atoms with Crippen molar-refractivity contribution in [1.29, 1.82) is 0 Å². The van der Waals surface area contributed by atoms with Crippen molar-refractivity contribution in [2.75, 3.05) is 20.7 Å². The van der Waals surface area contributed by atoms with Gasteiger partial charge in [-0.05, 0) is 23.6 Å². The normalized spacial score (nSPS) is 11.0. The van der Waals surface area contributed by atoms with Crippen molar-refractivity contribution in [3.05, 3.63) is 29.3 Å². The molecule has 0 saturated carbocycles. The molecule has 0 radical (unpaired) electrons. The molecule has 0 aliphatic carbocycles. The Kier molecular flexibility index (Phi) is 5.21. The lowest BCUT2D eigenvalue weighted by molar-refractivity contribution is 0.240. The largest absolute Gasteiger partial charge is 0.496 e. The van der Waals surface area contributed by atoms with Crippen molar-refractivity contribution in [3.8, 4) is 5.75 Å². The van der Waals surface area contributed by atoms with Gasteiger partial charge in [0.05, 0.1) is 7.11 Å². The summed E-state index contributed by atoms with van der Waals surface area (Å²) in [6, 6.07) is 6.06. The molecule has 2 amide bonds. The third kappa shape index (κ3) is 3.88. The first-order valence-corrected chi connectivity index (χ1v) is 6.57. The van der Waals surface area contributed by atoms with Crippen LogP contribution >= 0.6 is 0 Å². The van der Waals surface area contributed by atoms with E-state index in [-0.39, 0.29) is 11.4 Å². The molecule has 0 bridgehead atoms. The second-order valence-corrected chi connectivity index (χ2v) is 5.20. The van der Waals surface area contributed by atoms with Crippen LogP contribution in [0.1, 0.15) is 31.9 Å². The molecule has 0 heterocycles. The first kappa shape index (κ1) is 15.3. The molecule has 1 aromatic carbocycles. The highest BCUT2D eigenvalue weighted by atomic mass is 16.5. The average molecular weight is 264 g/mol. The number of carbonyl (C=O) groups excluding carboxylic acids is 1. The summed E-state index contributed by atoms with van der Waals surface area (Å²) < 4.78 is 5.34. The van der Waals surface area contributed by atoms with Gasteiger partial charge in [0.1, 0.15) is 5.75 Å². The summed E-state index contributed by atoms with van der Waals surface area (Å²) >= 11 is 0. The summed E-state index contributed by atoms with van der Waals surface area (Å²) in [4.78, 5) is 11.3. The average Bonchev–Trinajstić information content (AvgIpc) is 2.43. The number of benzene rings is 1. The number of nitrogens with one attached hydrogen (secondary N) is 2. The fourth-order valence-electron chi connectivity index (χ4n) is 1.97. The van der Waals surface area contributed by atoms with Gasteiger partial charge in [0.25, 0.3) is 0 Å². The first-order chi connectivity index (χ1) is 8.94. The number of urea groups is 1. The second-order valence-electron chi connectivity index (χ2n) is 5.20. The number of hydrogen-bond acceptors (Lipinski definition) is 2. The van der Waals surface area contributed by atoms with Crippen LogP contribution in [0.5, 0.6) is 5.75 Å². The van der Waals surface area contributed by atoms with E-state index in [1.54, 1.807) is 14.2 Å². The van der Waals surface area contributed by atoms with Gasteiger partial charge in [0.2, 0.25) is 0 Å². The lowest BCUT2D eigenvalue weighted by atomic mass is 9.83. The number of hydrogen-bond donors (Lipinski definition) is 2. The molecule has 1 aromatic rings. The molecule has 0 aliphatic heterocycles. The van der Waals surface area contributed by atoms with E-state index in [0.717, 1.165) is 12.2 Å². The molecule has 0 unspecified atom stereocenters. The zero-order valence-electron chi connectivity index (χ0n) is 12.5. The Labute approximate surface area is 115 Å². The van der Waals surface area contributed by atoms with E-state index in [2.05, 4.69) is 43.5 Å². The van der Waals surface area contributed by atoms with Crippen molar-refractivity contribution in [3.63, 3.8) is 0 Å². The van der Waals surface area contributed by atoms with Crippen molar-refractivity contribution in [1.82, 2.24) is 10.6 Å². The number of rotatable bonds is 5. The zero-order chi connectivity index (χ0) is 14.5. The van der Waals surface area contributed by atoms with E-state index in [0.29, 0.717) is 6.54 Å². The molecule has 2 N–H and O–H groups in total. The van der Waals surface area contributed by atoms with Gasteiger partial charge in [0, 0.05) is 19.0 Å². The fourth-order valence-corrected chi connectivity index (χ4v) is 1.97. The van der Waals surface area contributed by atoms with Crippen molar-refractivity contribution >= 4 is 6.03 Å². The van der Waals surface area contributed by atoms with Gasteiger partial charge in [0.15, 0.2) is 0 Å². The molecule has 106 valence electrons. The number of amides is 2. The number of carbonyl (C=O) groups is 1. The molecule has 1 rings (SSSR count). The number of methoxy groups -OCH3 is 1. The molecule has 0 spiro atoms. The SMILES string of the molecule is CCc1cc(C(C)(C)CNC(=O)NC)ccc1OC. The summed E-state index contributed by atoms with van der Waals surface area (Å²) in [7, 11) is 3.30. The van der Waals surface area contributed by atoms with E-state index < -0.39 is 0 Å². The van der Waals surface area contributed by atoms with Crippen molar-refractivity contribution < 1.29 is 9.53 Å². The summed E-state index contributed by atoms with van der Waals surface area (Å²) in [6.45, 7) is 6.92. The highest BCUT2D eigenvalue weighted by Gasteiger charge is 2.22. The maximum Gasteiger partial charge on any atom is 0.314 e. The second kappa shape index (κ2) is 6.45. The van der Waals surface area contributed by atoms with Crippen LogP contribution in [0.4, 0.5) is 4.79 Å². The molecule has 4 nitrogen and oxygen atoms in total. The molecule has 4 heteroatoms. The Morgan fingerprint density at radius 2 is 2.05 bits per heavy atom. The molecule has 0 fully saturated rings. The van der Waals surface area contributed by atoms with Crippen LogP contribution in [0, 0.1) is 0 Å². The number of aryl methyl sites for hydroxylation is 1. The van der Waals surface area contributed by atoms with Crippen LogP contribution in [-0.4, -0.2) is 26.7 Å². The van der Waals surface area contributed by atoms with Gasteiger partial charge in [-0.2, -0.15) is 0 Å². The Balaban J connectivity index is 2.91. The molecular weight excluding hydrogens is 240 g/mol. The fraction of sp³-hybridized carbons (Fsp3) is 0.533. The van der Waals surface area contributed by atoms with Gasteiger partial charge >= 0.3 is 6.03 Å². The quantitative estimate of drug-likeness (QED) is 0.858. The van der Waals surface area contributed by atoms with Gasteiger partial charge in [-0.25, -0.2) is 4.79 Å². The van der Waals surface area contributed by atoms with E-state index in [9.17, 15) is 4.79 Å². The Hall–Kier alpha value is -1.71. The maximum absolute atomic E-state index is 11.3. The van der Waals surface area contributed by atoms with Gasteiger partial charge in [-0.1, -0.05) is 32.9 Å². The molecule has 0 aliphatic rings. The maximum atomic E-state index is 11.3. The minimum absolute atomic E-state index is 0.122. The van der Waals surface area contributed by atoms with Crippen LogP contribution in [0.15, 0.2) is 18.2 Å². The molecule has 19 heavy (non-hydrogen) atoms. The van der Waals surface area contributed by atoms with Crippen LogP contribution in [0.3, 0.4) is 0 Å². The van der Waals surface area contributed by atoms with E-state index in [4.69, 9.17) is 4.74 Å². The number of ether oxygens (including phenoxy) is 1. The lowest BCUT2D eigenvalue weighted by Gasteiger charge is -2.26. The monoisotopic (exact) mass is 264 g/mol. The zero-order valence-corrected chi connectivity index (χ0v) is 12.5. The minimum atomic E-state index is -0.155. The first-order valence-electron chi connectivity index (χ1n) is 6.57. The summed E-state index contributed by atoms with van der Waals surface area (Å²) in [6.07, 6.45) is 0.927. The summed E-state index contributed by atoms with van der Waals surface area (Å²) in [5, 5.41) is 5.42.